The van der Waals surface area contributed by atoms with Crippen LogP contribution in [0.5, 0.6) is 0 Å². The van der Waals surface area contributed by atoms with Crippen LogP contribution in [-0.2, 0) is 11.2 Å². The first-order valence-corrected chi connectivity index (χ1v) is 12.8. The summed E-state index contributed by atoms with van der Waals surface area (Å²) in [5, 5.41) is 3.92. The molecule has 0 radical (unpaired) electrons. The molecule has 0 bridgehead atoms. The Kier molecular flexibility index (Phi) is 5.75. The Bertz CT molecular complexity index is 1580. The number of para-hydroxylation sites is 2. The van der Waals surface area contributed by atoms with E-state index in [0.29, 0.717) is 12.0 Å². The summed E-state index contributed by atoms with van der Waals surface area (Å²) in [5.74, 6) is -1.11. The van der Waals surface area contributed by atoms with E-state index >= 15 is 0 Å². The number of fused-ring (bicyclic) bond motifs is 4. The second-order valence-corrected chi connectivity index (χ2v) is 9.90. The third-order valence-electron chi connectivity index (χ3n) is 7.61. The van der Waals surface area contributed by atoms with Gasteiger partial charge in [-0.1, -0.05) is 49.4 Å². The van der Waals surface area contributed by atoms with Gasteiger partial charge in [0.25, 0.3) is 11.8 Å². The fraction of sp³-hybridized carbons (Fsp3) is 0.233. The molecule has 2 N–H and O–H groups in total. The Morgan fingerprint density at radius 1 is 1.05 bits per heavy atom. The summed E-state index contributed by atoms with van der Waals surface area (Å²) in [7, 11) is 0. The molecule has 3 atom stereocenters. The van der Waals surface area contributed by atoms with Crippen LogP contribution in [0.3, 0.4) is 0 Å². The number of nitrogens with zero attached hydrogens (tertiary/aromatic N) is 2. The highest BCUT2D eigenvalue weighted by molar-refractivity contribution is 6.24. The molecular formula is C30H27FN4O3. The summed E-state index contributed by atoms with van der Waals surface area (Å²) >= 11 is 0. The van der Waals surface area contributed by atoms with Gasteiger partial charge in [0.2, 0.25) is 0 Å². The van der Waals surface area contributed by atoms with E-state index in [1.54, 1.807) is 41.3 Å². The molecule has 0 saturated carbocycles. The van der Waals surface area contributed by atoms with Crippen molar-refractivity contribution in [3.8, 4) is 0 Å². The first-order valence-electron chi connectivity index (χ1n) is 12.8. The van der Waals surface area contributed by atoms with E-state index in [1.807, 2.05) is 38.1 Å². The molecule has 192 valence electrons. The summed E-state index contributed by atoms with van der Waals surface area (Å²) in [6.07, 6.45) is 1.08. The zero-order chi connectivity index (χ0) is 26.6. The molecule has 2 aliphatic rings. The van der Waals surface area contributed by atoms with Crippen molar-refractivity contribution in [3.63, 3.8) is 0 Å². The molecule has 8 heteroatoms. The third-order valence-corrected chi connectivity index (χ3v) is 7.61. The molecule has 3 heterocycles. The number of carbonyl (C=O) groups is 3. The smallest absolute Gasteiger partial charge is 0.332 e. The summed E-state index contributed by atoms with van der Waals surface area (Å²) < 4.78 is 13.9. The monoisotopic (exact) mass is 510 g/mol. The van der Waals surface area contributed by atoms with Crippen LogP contribution in [-0.4, -0.2) is 39.8 Å². The van der Waals surface area contributed by atoms with Gasteiger partial charge in [-0.3, -0.25) is 14.5 Å². The van der Waals surface area contributed by atoms with Crippen LogP contribution in [0, 0.1) is 5.82 Å². The number of urea groups is 1. The molecule has 7 nitrogen and oxygen atoms in total. The molecule has 6 rings (SSSR count). The number of hydrogen-bond donors (Lipinski definition) is 2. The fourth-order valence-electron chi connectivity index (χ4n) is 5.55. The first kappa shape index (κ1) is 23.9. The molecule has 0 aliphatic carbocycles. The van der Waals surface area contributed by atoms with Crippen LogP contribution in [0.15, 0.2) is 72.8 Å². The molecule has 0 spiro atoms. The molecule has 38 heavy (non-hydrogen) atoms. The number of hydrogen-bond acceptors (Lipinski definition) is 3. The Balaban J connectivity index is 1.48. The maximum absolute atomic E-state index is 14.1. The molecule has 1 aromatic heterocycles. The van der Waals surface area contributed by atoms with Gasteiger partial charge in [-0.15, -0.1) is 0 Å². The zero-order valence-corrected chi connectivity index (χ0v) is 21.1. The Morgan fingerprint density at radius 2 is 1.76 bits per heavy atom. The minimum Gasteiger partial charge on any atom is -0.356 e. The summed E-state index contributed by atoms with van der Waals surface area (Å²) in [5.41, 5.74) is 3.88. The van der Waals surface area contributed by atoms with Gasteiger partial charge in [0, 0.05) is 29.1 Å². The second-order valence-electron chi connectivity index (χ2n) is 9.90. The maximum Gasteiger partial charge on any atom is 0.332 e. The lowest BCUT2D eigenvalue weighted by Crippen LogP contribution is -2.44. The van der Waals surface area contributed by atoms with Crippen molar-refractivity contribution in [2.24, 2.45) is 0 Å². The van der Waals surface area contributed by atoms with Gasteiger partial charge in [-0.25, -0.2) is 14.1 Å². The SMILES string of the molecule is CC[C@H](C)NC(=O)c1ccccc1N1C(=O)[C@@H]2Cc3c([nH]c4ccccc34)[C@@H](c3ccc(F)cc3)N2C1=O. The van der Waals surface area contributed by atoms with Crippen LogP contribution in [0.2, 0.25) is 0 Å². The van der Waals surface area contributed by atoms with Crippen molar-refractivity contribution in [3.05, 3.63) is 101 Å². The standard InChI is InChI=1S/C30H27FN4O3/c1-3-17(2)32-28(36)21-9-5-7-11-24(21)35-29(37)25-16-22-20-8-4-6-10-23(20)33-26(22)27(34(25)30(35)38)18-12-14-19(31)15-13-18/h4-15,17,25,27,33H,3,16H2,1-2H3,(H,32,36)/t17-,25-,27+/m0/s1. The molecule has 3 aromatic carbocycles. The number of amides is 4. The highest BCUT2D eigenvalue weighted by atomic mass is 19.1. The van der Waals surface area contributed by atoms with Crippen molar-refractivity contribution in [1.29, 1.82) is 0 Å². The Hall–Kier alpha value is -4.46. The molecule has 0 unspecified atom stereocenters. The minimum atomic E-state index is -0.769. The van der Waals surface area contributed by atoms with E-state index < -0.39 is 18.1 Å². The van der Waals surface area contributed by atoms with Gasteiger partial charge < -0.3 is 10.3 Å². The summed E-state index contributed by atoms with van der Waals surface area (Å²) in [4.78, 5) is 47.3. The van der Waals surface area contributed by atoms with Crippen molar-refractivity contribution >= 4 is 34.4 Å². The van der Waals surface area contributed by atoms with Crippen LogP contribution in [0.4, 0.5) is 14.9 Å². The quantitative estimate of drug-likeness (QED) is 0.357. The zero-order valence-electron chi connectivity index (χ0n) is 21.1. The average Bonchev–Trinajstić information content (AvgIpc) is 3.42. The van der Waals surface area contributed by atoms with Gasteiger partial charge in [-0.2, -0.15) is 0 Å². The van der Waals surface area contributed by atoms with Gasteiger partial charge in [-0.05, 0) is 54.8 Å². The van der Waals surface area contributed by atoms with Gasteiger partial charge in [0.15, 0.2) is 0 Å². The minimum absolute atomic E-state index is 0.0620. The lowest BCUT2D eigenvalue weighted by atomic mass is 9.89. The highest BCUT2D eigenvalue weighted by Gasteiger charge is 2.53. The van der Waals surface area contributed by atoms with Crippen LogP contribution < -0.4 is 10.2 Å². The number of carbonyl (C=O) groups excluding carboxylic acids is 3. The normalized spacial score (nSPS) is 19.4. The number of imide groups is 1. The molecule has 1 saturated heterocycles. The van der Waals surface area contributed by atoms with Gasteiger partial charge in [0.1, 0.15) is 17.9 Å². The number of halogens is 1. The Morgan fingerprint density at radius 3 is 2.53 bits per heavy atom. The number of anilines is 1. The third kappa shape index (κ3) is 3.67. The van der Waals surface area contributed by atoms with Crippen molar-refractivity contribution < 1.29 is 18.8 Å². The molecular weight excluding hydrogens is 483 g/mol. The molecule has 1 fully saturated rings. The Labute approximate surface area is 219 Å². The van der Waals surface area contributed by atoms with Crippen LogP contribution >= 0.6 is 0 Å². The van der Waals surface area contributed by atoms with E-state index in [4.69, 9.17) is 0 Å². The maximum atomic E-state index is 14.1. The van der Waals surface area contributed by atoms with E-state index in [0.717, 1.165) is 33.5 Å². The predicted molar refractivity (Wildman–Crippen MR) is 142 cm³/mol. The number of aromatic nitrogens is 1. The predicted octanol–water partition coefficient (Wildman–Crippen LogP) is 5.32. The van der Waals surface area contributed by atoms with E-state index in [-0.39, 0.29) is 34.9 Å². The molecule has 2 aliphatic heterocycles. The van der Waals surface area contributed by atoms with E-state index in [2.05, 4.69) is 10.3 Å². The lowest BCUT2D eigenvalue weighted by molar-refractivity contribution is -0.120. The number of aromatic amines is 1. The van der Waals surface area contributed by atoms with E-state index in [9.17, 15) is 18.8 Å². The number of H-pyrrole nitrogens is 1. The number of benzene rings is 3. The summed E-state index contributed by atoms with van der Waals surface area (Å²) in [6.45, 7) is 3.87. The number of nitrogens with one attached hydrogen (secondary N) is 2. The van der Waals surface area contributed by atoms with Gasteiger partial charge >= 0.3 is 6.03 Å². The van der Waals surface area contributed by atoms with E-state index in [1.165, 1.54) is 12.1 Å². The highest BCUT2D eigenvalue weighted by Crippen LogP contribution is 2.45. The first-order chi connectivity index (χ1) is 18.4. The lowest BCUT2D eigenvalue weighted by Gasteiger charge is -2.36. The van der Waals surface area contributed by atoms with Crippen LogP contribution in [0.1, 0.15) is 53.5 Å². The molecule has 4 amide bonds. The van der Waals surface area contributed by atoms with Gasteiger partial charge in [0.05, 0.1) is 11.3 Å². The van der Waals surface area contributed by atoms with Crippen molar-refractivity contribution in [2.45, 2.75) is 44.8 Å². The fourth-order valence-corrected chi connectivity index (χ4v) is 5.55. The van der Waals surface area contributed by atoms with Crippen molar-refractivity contribution in [2.75, 3.05) is 4.90 Å². The average molecular weight is 511 g/mol. The van der Waals surface area contributed by atoms with Crippen LogP contribution in [0.25, 0.3) is 10.9 Å². The topological polar surface area (TPSA) is 85.5 Å². The molecule has 4 aromatic rings. The summed E-state index contributed by atoms with van der Waals surface area (Å²) in [6, 6.07) is 18.5. The number of rotatable bonds is 5. The second kappa shape index (κ2) is 9.13. The largest absolute Gasteiger partial charge is 0.356 e. The van der Waals surface area contributed by atoms with Crippen molar-refractivity contribution in [1.82, 2.24) is 15.2 Å².